The Bertz CT molecular complexity index is 882. The summed E-state index contributed by atoms with van der Waals surface area (Å²) in [5.74, 6) is 0.106. The van der Waals surface area contributed by atoms with E-state index in [4.69, 9.17) is 4.74 Å². The highest BCUT2D eigenvalue weighted by molar-refractivity contribution is 5.95. The Balaban J connectivity index is 1.78. The Labute approximate surface area is 156 Å². The molecule has 7 heteroatoms. The molecule has 0 radical (unpaired) electrons. The number of aliphatic hydroxyl groups excluding tert-OH is 2. The topological polar surface area (TPSA) is 107 Å². The third kappa shape index (κ3) is 4.16. The third-order valence-electron chi connectivity index (χ3n) is 4.31. The van der Waals surface area contributed by atoms with Gasteiger partial charge in [-0.2, -0.15) is 5.10 Å². The molecular weight excluding hydrogens is 346 g/mol. The number of methoxy groups -OCH3 is 1. The van der Waals surface area contributed by atoms with Gasteiger partial charge in [0.1, 0.15) is 11.9 Å². The predicted octanol–water partition coefficient (Wildman–Crippen LogP) is 1.91. The van der Waals surface area contributed by atoms with E-state index in [0.29, 0.717) is 16.9 Å². The summed E-state index contributed by atoms with van der Waals surface area (Å²) in [4.78, 5) is 12.6. The lowest BCUT2D eigenvalue weighted by Crippen LogP contribution is -2.42. The van der Waals surface area contributed by atoms with Gasteiger partial charge in [0.05, 0.1) is 26.0 Å². The fourth-order valence-electron chi connectivity index (χ4n) is 2.83. The average Bonchev–Trinajstić information content (AvgIpc) is 3.26. The minimum absolute atomic E-state index is 0.359. The van der Waals surface area contributed by atoms with E-state index in [1.54, 1.807) is 54.9 Å². The number of benzene rings is 2. The van der Waals surface area contributed by atoms with Crippen molar-refractivity contribution in [2.75, 3.05) is 13.7 Å². The minimum Gasteiger partial charge on any atom is -0.496 e. The summed E-state index contributed by atoms with van der Waals surface area (Å²) in [5.41, 5.74) is 2.61. The molecule has 2 aromatic carbocycles. The Morgan fingerprint density at radius 1 is 1.26 bits per heavy atom. The molecule has 1 aromatic heterocycles. The number of aromatic amines is 1. The highest BCUT2D eigenvalue weighted by atomic mass is 16.5. The smallest absolute Gasteiger partial charge is 0.251 e. The van der Waals surface area contributed by atoms with Gasteiger partial charge in [0, 0.05) is 22.9 Å². The van der Waals surface area contributed by atoms with Crippen molar-refractivity contribution < 1.29 is 19.7 Å². The van der Waals surface area contributed by atoms with E-state index in [-0.39, 0.29) is 0 Å². The van der Waals surface area contributed by atoms with Crippen molar-refractivity contribution in [3.8, 4) is 16.9 Å². The number of hydrogen-bond donors (Lipinski definition) is 4. The van der Waals surface area contributed by atoms with Gasteiger partial charge in [-0.1, -0.05) is 30.3 Å². The van der Waals surface area contributed by atoms with Gasteiger partial charge in [-0.15, -0.1) is 0 Å². The fraction of sp³-hybridized carbons (Fsp3) is 0.200. The van der Waals surface area contributed by atoms with Gasteiger partial charge < -0.3 is 20.3 Å². The molecule has 0 aliphatic rings. The number of carbonyl (C=O) groups is 1. The molecule has 27 heavy (non-hydrogen) atoms. The number of hydrogen-bond acceptors (Lipinski definition) is 5. The van der Waals surface area contributed by atoms with E-state index in [1.165, 1.54) is 7.11 Å². The molecule has 7 nitrogen and oxygen atoms in total. The quantitative estimate of drug-likeness (QED) is 0.510. The maximum absolute atomic E-state index is 12.6. The van der Waals surface area contributed by atoms with Gasteiger partial charge in [-0.25, -0.2) is 0 Å². The summed E-state index contributed by atoms with van der Waals surface area (Å²) in [5, 5.41) is 29.4. The maximum Gasteiger partial charge on any atom is 0.251 e. The van der Waals surface area contributed by atoms with Crippen LogP contribution in [0.1, 0.15) is 22.0 Å². The van der Waals surface area contributed by atoms with Gasteiger partial charge >= 0.3 is 0 Å². The molecule has 3 aromatic rings. The zero-order chi connectivity index (χ0) is 19.2. The predicted molar refractivity (Wildman–Crippen MR) is 100 cm³/mol. The molecule has 0 fully saturated rings. The van der Waals surface area contributed by atoms with Gasteiger partial charge in [0.25, 0.3) is 5.91 Å². The molecule has 0 saturated heterocycles. The van der Waals surface area contributed by atoms with Crippen LogP contribution in [0.2, 0.25) is 0 Å². The number of aromatic nitrogens is 2. The largest absolute Gasteiger partial charge is 0.496 e. The number of carbonyl (C=O) groups excluding carboxylic acids is 1. The number of rotatable bonds is 7. The fourth-order valence-corrected chi connectivity index (χ4v) is 2.83. The molecule has 1 heterocycles. The van der Waals surface area contributed by atoms with Gasteiger partial charge in [-0.05, 0) is 23.8 Å². The van der Waals surface area contributed by atoms with Crippen molar-refractivity contribution in [1.82, 2.24) is 15.5 Å². The van der Waals surface area contributed by atoms with Crippen LogP contribution < -0.4 is 10.1 Å². The summed E-state index contributed by atoms with van der Waals surface area (Å²) in [7, 11) is 1.52. The molecule has 4 N–H and O–H groups in total. The van der Waals surface area contributed by atoms with Crippen LogP contribution in [0.3, 0.4) is 0 Å². The van der Waals surface area contributed by atoms with Gasteiger partial charge in [0.15, 0.2) is 0 Å². The first-order chi connectivity index (χ1) is 13.1. The van der Waals surface area contributed by atoms with Crippen LogP contribution in [0.15, 0.2) is 60.9 Å². The first-order valence-corrected chi connectivity index (χ1v) is 8.46. The first-order valence-electron chi connectivity index (χ1n) is 8.46. The molecule has 3 rings (SSSR count). The van der Waals surface area contributed by atoms with Crippen molar-refractivity contribution in [2.45, 2.75) is 12.1 Å². The lowest BCUT2D eigenvalue weighted by Gasteiger charge is -2.23. The summed E-state index contributed by atoms with van der Waals surface area (Å²) in [6, 6.07) is 13.1. The minimum atomic E-state index is -1.02. The third-order valence-corrected chi connectivity index (χ3v) is 4.31. The van der Waals surface area contributed by atoms with E-state index >= 15 is 0 Å². The highest BCUT2D eigenvalue weighted by Gasteiger charge is 2.23. The Morgan fingerprint density at radius 3 is 2.67 bits per heavy atom. The Morgan fingerprint density at radius 2 is 2.04 bits per heavy atom. The summed E-state index contributed by atoms with van der Waals surface area (Å²) in [6.45, 7) is -0.397. The van der Waals surface area contributed by atoms with Crippen LogP contribution in [0.5, 0.6) is 5.75 Å². The second-order valence-electron chi connectivity index (χ2n) is 6.02. The molecule has 1 amide bonds. The van der Waals surface area contributed by atoms with Crippen LogP contribution in [-0.4, -0.2) is 46.1 Å². The number of H-pyrrole nitrogens is 1. The van der Waals surface area contributed by atoms with E-state index in [0.717, 1.165) is 11.1 Å². The summed E-state index contributed by atoms with van der Waals surface area (Å²) >= 11 is 0. The zero-order valence-corrected chi connectivity index (χ0v) is 14.8. The normalized spacial score (nSPS) is 13.0. The van der Waals surface area contributed by atoms with Crippen LogP contribution in [0.25, 0.3) is 11.1 Å². The Kier molecular flexibility index (Phi) is 5.85. The first kappa shape index (κ1) is 18.6. The summed E-state index contributed by atoms with van der Waals surface area (Å²) in [6.07, 6.45) is 2.37. The van der Waals surface area contributed by atoms with E-state index in [1.807, 2.05) is 6.07 Å². The lowest BCUT2D eigenvalue weighted by molar-refractivity contribution is 0.0703. The second-order valence-corrected chi connectivity index (χ2v) is 6.02. The number of amides is 1. The van der Waals surface area contributed by atoms with Crippen molar-refractivity contribution in [2.24, 2.45) is 0 Å². The molecule has 140 valence electrons. The van der Waals surface area contributed by atoms with E-state index < -0.39 is 24.7 Å². The van der Waals surface area contributed by atoms with Gasteiger partial charge in [-0.3, -0.25) is 9.89 Å². The average molecular weight is 367 g/mol. The number of ether oxygens (including phenoxy) is 1. The summed E-state index contributed by atoms with van der Waals surface area (Å²) < 4.78 is 5.39. The van der Waals surface area contributed by atoms with Crippen molar-refractivity contribution >= 4 is 5.91 Å². The second kappa shape index (κ2) is 8.48. The van der Waals surface area contributed by atoms with E-state index in [9.17, 15) is 15.0 Å². The van der Waals surface area contributed by atoms with Crippen molar-refractivity contribution in [3.05, 3.63) is 72.1 Å². The molecular formula is C20H21N3O4. The number of nitrogens with zero attached hydrogens (tertiary/aromatic N) is 1. The van der Waals surface area contributed by atoms with Gasteiger partial charge in [0.2, 0.25) is 0 Å². The van der Waals surface area contributed by atoms with Crippen LogP contribution in [-0.2, 0) is 0 Å². The lowest BCUT2D eigenvalue weighted by atomic mass is 10.0. The zero-order valence-electron chi connectivity index (χ0n) is 14.8. The van der Waals surface area contributed by atoms with Crippen molar-refractivity contribution in [3.63, 3.8) is 0 Å². The maximum atomic E-state index is 12.6. The molecule has 0 bridgehead atoms. The molecule has 0 aliphatic heterocycles. The number of nitrogens with one attached hydrogen (secondary N) is 2. The van der Waals surface area contributed by atoms with Crippen LogP contribution >= 0.6 is 0 Å². The molecule has 0 unspecified atom stereocenters. The highest BCUT2D eigenvalue weighted by Crippen LogP contribution is 2.30. The number of aliphatic hydroxyl groups is 2. The molecule has 0 saturated carbocycles. The standard InChI is InChI=1S/C20H21N3O4/c1-27-18-9-14(7-8-16(18)15-10-21-22-11-15)20(26)23-17(12-24)19(25)13-5-3-2-4-6-13/h2-11,17,19,24-25H,12H2,1H3,(H,21,22)(H,23,26)/t17-,19+/m1/s1. The molecule has 2 atom stereocenters. The Hall–Kier alpha value is -3.16. The van der Waals surface area contributed by atoms with Crippen LogP contribution in [0.4, 0.5) is 0 Å². The monoisotopic (exact) mass is 367 g/mol. The van der Waals surface area contributed by atoms with E-state index in [2.05, 4.69) is 15.5 Å². The molecule has 0 spiro atoms. The molecule has 0 aliphatic carbocycles. The van der Waals surface area contributed by atoms with Crippen LogP contribution in [0, 0.1) is 0 Å². The van der Waals surface area contributed by atoms with Crippen molar-refractivity contribution in [1.29, 1.82) is 0 Å². The SMILES string of the molecule is COc1cc(C(=O)N[C@H](CO)[C@@H](O)c2ccccc2)ccc1-c1cn[nH]c1.